The molecule has 0 saturated heterocycles. The lowest BCUT2D eigenvalue weighted by molar-refractivity contribution is 0.193. The molecule has 3 nitrogen and oxygen atoms in total. The number of aliphatic hydroxyl groups excluding tert-OH is 2. The Labute approximate surface area is 106 Å². The molecular weight excluding hydrogens is 234 g/mol. The third-order valence-electron chi connectivity index (χ3n) is 2.58. The van der Waals surface area contributed by atoms with Gasteiger partial charge in [-0.15, -0.1) is 11.8 Å². The van der Waals surface area contributed by atoms with Crippen LogP contribution in [0, 0.1) is 11.3 Å². The van der Waals surface area contributed by atoms with Gasteiger partial charge in [-0.25, -0.2) is 0 Å². The van der Waals surface area contributed by atoms with E-state index in [0.29, 0.717) is 5.56 Å². The molecular formula is C13H17NO2S. The number of nitriles is 1. The molecule has 0 bridgehead atoms. The van der Waals surface area contributed by atoms with E-state index in [2.05, 4.69) is 6.07 Å². The van der Waals surface area contributed by atoms with Gasteiger partial charge >= 0.3 is 0 Å². The second kappa shape index (κ2) is 6.06. The molecule has 0 radical (unpaired) electrons. The molecule has 3 unspecified atom stereocenters. The van der Waals surface area contributed by atoms with E-state index in [0.717, 1.165) is 10.5 Å². The minimum Gasteiger partial charge on any atom is -0.392 e. The zero-order valence-corrected chi connectivity index (χ0v) is 11.0. The monoisotopic (exact) mass is 251 g/mol. The molecule has 0 aliphatic heterocycles. The van der Waals surface area contributed by atoms with Crippen molar-refractivity contribution in [2.75, 3.05) is 0 Å². The summed E-state index contributed by atoms with van der Waals surface area (Å²) in [4.78, 5) is 0.854. The summed E-state index contributed by atoms with van der Waals surface area (Å²) < 4.78 is 0. The van der Waals surface area contributed by atoms with E-state index in [-0.39, 0.29) is 5.25 Å². The maximum Gasteiger partial charge on any atom is 0.0992 e. The number of hydrogen-bond acceptors (Lipinski definition) is 4. The molecule has 0 heterocycles. The average Bonchev–Trinajstić information content (AvgIpc) is 2.28. The van der Waals surface area contributed by atoms with Gasteiger partial charge in [0.15, 0.2) is 0 Å². The third-order valence-corrected chi connectivity index (χ3v) is 3.96. The smallest absolute Gasteiger partial charge is 0.0992 e. The Morgan fingerprint density at radius 2 is 1.88 bits per heavy atom. The number of hydrogen-bond donors (Lipinski definition) is 2. The Kier molecular flexibility index (Phi) is 5.01. The fraction of sp³-hybridized carbons (Fsp3) is 0.462. The summed E-state index contributed by atoms with van der Waals surface area (Å²) in [5, 5.41) is 28.0. The van der Waals surface area contributed by atoms with Crippen LogP contribution in [0.1, 0.15) is 38.0 Å². The van der Waals surface area contributed by atoms with Crippen molar-refractivity contribution < 1.29 is 10.2 Å². The summed E-state index contributed by atoms with van der Waals surface area (Å²) in [7, 11) is 0. The molecule has 1 rings (SSSR count). The van der Waals surface area contributed by atoms with Crippen molar-refractivity contribution in [3.8, 4) is 6.07 Å². The minimum atomic E-state index is -0.577. The lowest BCUT2D eigenvalue weighted by atomic mass is 10.1. The molecule has 0 saturated carbocycles. The van der Waals surface area contributed by atoms with Gasteiger partial charge in [0.25, 0.3) is 0 Å². The van der Waals surface area contributed by atoms with Gasteiger partial charge in [-0.05, 0) is 31.5 Å². The predicted octanol–water partition coefficient (Wildman–Crippen LogP) is 2.47. The summed E-state index contributed by atoms with van der Waals surface area (Å²) in [6.07, 6.45) is -1.01. The van der Waals surface area contributed by atoms with Gasteiger partial charge in [-0.2, -0.15) is 5.26 Å². The highest BCUT2D eigenvalue weighted by Gasteiger charge is 2.15. The maximum absolute atomic E-state index is 9.66. The molecule has 0 fully saturated rings. The normalized spacial score (nSPS) is 16.0. The Morgan fingerprint density at radius 3 is 2.35 bits per heavy atom. The molecule has 17 heavy (non-hydrogen) atoms. The van der Waals surface area contributed by atoms with E-state index in [1.165, 1.54) is 11.8 Å². The van der Waals surface area contributed by atoms with E-state index >= 15 is 0 Å². The summed E-state index contributed by atoms with van der Waals surface area (Å²) >= 11 is 1.48. The largest absolute Gasteiger partial charge is 0.392 e. The second-order valence-corrected chi connectivity index (χ2v) is 5.52. The van der Waals surface area contributed by atoms with E-state index < -0.39 is 12.2 Å². The molecule has 92 valence electrons. The summed E-state index contributed by atoms with van der Waals surface area (Å²) in [5.41, 5.74) is 1.36. The van der Waals surface area contributed by atoms with Crippen LogP contribution in [0.2, 0.25) is 0 Å². The fourth-order valence-corrected chi connectivity index (χ4v) is 2.52. The van der Waals surface area contributed by atoms with E-state index in [4.69, 9.17) is 5.26 Å². The first-order chi connectivity index (χ1) is 7.95. The van der Waals surface area contributed by atoms with Gasteiger partial charge in [0.1, 0.15) is 0 Å². The zero-order valence-electron chi connectivity index (χ0n) is 10.2. The van der Waals surface area contributed by atoms with Gasteiger partial charge in [0.05, 0.1) is 23.8 Å². The van der Waals surface area contributed by atoms with Crippen LogP contribution in [0.15, 0.2) is 23.1 Å². The zero-order chi connectivity index (χ0) is 13.0. The van der Waals surface area contributed by atoms with Crippen molar-refractivity contribution in [3.63, 3.8) is 0 Å². The molecule has 2 N–H and O–H groups in total. The highest BCUT2D eigenvalue weighted by molar-refractivity contribution is 8.00. The van der Waals surface area contributed by atoms with Gasteiger partial charge in [-0.1, -0.05) is 13.0 Å². The standard InChI is InChI=1S/C13H17NO2S/c1-8(15)10(3)17-13-6-11(7-14)4-5-12(13)9(2)16/h4-6,8-10,15-16H,1-3H3. The van der Waals surface area contributed by atoms with Gasteiger partial charge in [0, 0.05) is 10.1 Å². The van der Waals surface area contributed by atoms with E-state index in [1.807, 2.05) is 6.92 Å². The highest BCUT2D eigenvalue weighted by atomic mass is 32.2. The van der Waals surface area contributed by atoms with Gasteiger partial charge < -0.3 is 10.2 Å². The molecule has 4 heteroatoms. The molecule has 0 amide bonds. The number of rotatable bonds is 4. The lowest BCUT2D eigenvalue weighted by Gasteiger charge is -2.18. The van der Waals surface area contributed by atoms with Crippen LogP contribution < -0.4 is 0 Å². The van der Waals surface area contributed by atoms with Crippen molar-refractivity contribution in [2.24, 2.45) is 0 Å². The molecule has 3 atom stereocenters. The highest BCUT2D eigenvalue weighted by Crippen LogP contribution is 2.32. The minimum absolute atomic E-state index is 0.0152. The predicted molar refractivity (Wildman–Crippen MR) is 68.8 cm³/mol. The number of benzene rings is 1. The van der Waals surface area contributed by atoms with Crippen LogP contribution in [0.3, 0.4) is 0 Å². The number of nitrogens with zero attached hydrogens (tertiary/aromatic N) is 1. The van der Waals surface area contributed by atoms with Crippen molar-refractivity contribution in [2.45, 2.75) is 43.1 Å². The Bertz CT molecular complexity index is 424. The van der Waals surface area contributed by atoms with Gasteiger partial charge in [0.2, 0.25) is 0 Å². The molecule has 1 aromatic rings. The third kappa shape index (κ3) is 3.74. The van der Waals surface area contributed by atoms with Crippen LogP contribution in [-0.4, -0.2) is 21.6 Å². The maximum atomic E-state index is 9.66. The Morgan fingerprint density at radius 1 is 1.24 bits per heavy atom. The molecule has 0 aliphatic rings. The van der Waals surface area contributed by atoms with Crippen LogP contribution in [0.5, 0.6) is 0 Å². The topological polar surface area (TPSA) is 64.2 Å². The van der Waals surface area contributed by atoms with Crippen molar-refractivity contribution >= 4 is 11.8 Å². The Balaban J connectivity index is 3.06. The molecule has 0 aromatic heterocycles. The molecule has 0 aliphatic carbocycles. The van der Waals surface area contributed by atoms with Crippen molar-refractivity contribution in [3.05, 3.63) is 29.3 Å². The van der Waals surface area contributed by atoms with E-state index in [9.17, 15) is 10.2 Å². The summed E-state index contributed by atoms with van der Waals surface area (Å²) in [6.45, 7) is 5.34. The number of aliphatic hydroxyl groups is 2. The summed E-state index contributed by atoms with van der Waals surface area (Å²) in [6, 6.07) is 7.29. The van der Waals surface area contributed by atoms with Crippen LogP contribution in [0.25, 0.3) is 0 Å². The van der Waals surface area contributed by atoms with Crippen LogP contribution in [-0.2, 0) is 0 Å². The molecule has 0 spiro atoms. The van der Waals surface area contributed by atoms with Crippen molar-refractivity contribution in [1.29, 1.82) is 5.26 Å². The fourth-order valence-electron chi connectivity index (χ4n) is 1.35. The molecule has 1 aromatic carbocycles. The van der Waals surface area contributed by atoms with Crippen LogP contribution >= 0.6 is 11.8 Å². The average molecular weight is 251 g/mol. The first-order valence-electron chi connectivity index (χ1n) is 5.52. The van der Waals surface area contributed by atoms with Crippen LogP contribution in [0.4, 0.5) is 0 Å². The first-order valence-corrected chi connectivity index (χ1v) is 6.40. The lowest BCUT2D eigenvalue weighted by Crippen LogP contribution is -2.15. The summed E-state index contributed by atoms with van der Waals surface area (Å²) in [5.74, 6) is 0. The SMILES string of the molecule is CC(O)c1ccc(C#N)cc1SC(C)C(C)O. The number of thioether (sulfide) groups is 1. The second-order valence-electron chi connectivity index (χ2n) is 4.10. The quantitative estimate of drug-likeness (QED) is 0.807. The Hall–Kier alpha value is -1.02. The first kappa shape index (κ1) is 14.0. The van der Waals surface area contributed by atoms with E-state index in [1.54, 1.807) is 32.0 Å². The van der Waals surface area contributed by atoms with Gasteiger partial charge in [-0.3, -0.25) is 0 Å². The van der Waals surface area contributed by atoms with Crippen molar-refractivity contribution in [1.82, 2.24) is 0 Å².